The fourth-order valence-electron chi connectivity index (χ4n) is 2.37. The summed E-state index contributed by atoms with van der Waals surface area (Å²) >= 11 is 0. The van der Waals surface area contributed by atoms with Gasteiger partial charge in [0, 0.05) is 0 Å². The van der Waals surface area contributed by atoms with Gasteiger partial charge in [-0.1, -0.05) is 30.3 Å². The first-order valence-electron chi connectivity index (χ1n) is 6.36. The summed E-state index contributed by atoms with van der Waals surface area (Å²) in [5, 5.41) is 2.47. The van der Waals surface area contributed by atoms with E-state index in [0.717, 1.165) is 0 Å². The highest BCUT2D eigenvalue weighted by Gasteiger charge is 2.49. The van der Waals surface area contributed by atoms with Gasteiger partial charge in [-0.15, -0.1) is 0 Å². The first-order valence-corrected chi connectivity index (χ1v) is 6.36. The van der Waals surface area contributed by atoms with Gasteiger partial charge in [-0.2, -0.15) is 13.2 Å². The van der Waals surface area contributed by atoms with Gasteiger partial charge in [0.25, 0.3) is 0 Å². The third-order valence-corrected chi connectivity index (χ3v) is 3.26. The average molecular weight is 300 g/mol. The Hall–Kier alpha value is -2.05. The number of benzene rings is 1. The first kappa shape index (κ1) is 15.3. The summed E-state index contributed by atoms with van der Waals surface area (Å²) in [6.45, 7) is 1.32. The molecule has 1 fully saturated rings. The molecule has 0 radical (unpaired) electrons. The summed E-state index contributed by atoms with van der Waals surface area (Å²) in [4.78, 5) is 25.0. The molecule has 21 heavy (non-hydrogen) atoms. The molecule has 1 aliphatic rings. The number of piperazine rings is 1. The van der Waals surface area contributed by atoms with Gasteiger partial charge in [-0.3, -0.25) is 9.59 Å². The molecule has 0 saturated carbocycles. The Morgan fingerprint density at radius 1 is 1.19 bits per heavy atom. The fraction of sp³-hybridized carbons (Fsp3) is 0.429. The van der Waals surface area contributed by atoms with E-state index in [4.69, 9.17) is 0 Å². The van der Waals surface area contributed by atoms with Crippen LogP contribution in [0.25, 0.3) is 0 Å². The highest BCUT2D eigenvalue weighted by molar-refractivity contribution is 5.99. The zero-order valence-corrected chi connectivity index (χ0v) is 11.6. The van der Waals surface area contributed by atoms with Crippen LogP contribution in [0.15, 0.2) is 30.3 Å². The predicted octanol–water partition coefficient (Wildman–Crippen LogP) is 2.03. The monoisotopic (exact) mass is 300 g/mol. The molecule has 0 bridgehead atoms. The lowest BCUT2D eigenvalue weighted by molar-refractivity contribution is -0.177. The Kier molecular flexibility index (Phi) is 3.69. The lowest BCUT2D eigenvalue weighted by Crippen LogP contribution is -2.65. The van der Waals surface area contributed by atoms with E-state index in [0.29, 0.717) is 10.5 Å². The number of nitrogens with one attached hydrogen (secondary N) is 1. The minimum atomic E-state index is -4.57. The summed E-state index contributed by atoms with van der Waals surface area (Å²) in [6, 6.07) is 6.69. The van der Waals surface area contributed by atoms with Gasteiger partial charge in [-0.05, 0) is 19.4 Å². The van der Waals surface area contributed by atoms with Crippen molar-refractivity contribution in [2.45, 2.75) is 31.6 Å². The maximum absolute atomic E-state index is 12.8. The van der Waals surface area contributed by atoms with E-state index >= 15 is 0 Å². The molecule has 1 aromatic rings. The second kappa shape index (κ2) is 5.05. The highest BCUT2D eigenvalue weighted by atomic mass is 19.4. The van der Waals surface area contributed by atoms with Crippen LogP contribution in [0.4, 0.5) is 13.2 Å². The molecule has 1 aliphatic heterocycles. The molecule has 1 aromatic carbocycles. The molecule has 0 aliphatic carbocycles. The van der Waals surface area contributed by atoms with E-state index in [2.05, 4.69) is 5.32 Å². The first-order chi connectivity index (χ1) is 9.62. The van der Waals surface area contributed by atoms with Gasteiger partial charge in [0.1, 0.15) is 18.1 Å². The van der Waals surface area contributed by atoms with Crippen molar-refractivity contribution in [2.24, 2.45) is 0 Å². The number of hydrogen-bond acceptors (Lipinski definition) is 2. The zero-order valence-electron chi connectivity index (χ0n) is 11.6. The Labute approximate surface area is 119 Å². The zero-order chi connectivity index (χ0) is 15.8. The lowest BCUT2D eigenvalue weighted by Gasteiger charge is -2.43. The molecule has 4 nitrogen and oxygen atoms in total. The summed E-state index contributed by atoms with van der Waals surface area (Å²) in [6.07, 6.45) is -4.57. The van der Waals surface area contributed by atoms with Crippen LogP contribution in [0.2, 0.25) is 0 Å². The lowest BCUT2D eigenvalue weighted by atomic mass is 9.93. The van der Waals surface area contributed by atoms with Crippen LogP contribution in [-0.2, 0) is 9.59 Å². The summed E-state index contributed by atoms with van der Waals surface area (Å²) in [7, 11) is 0. The van der Waals surface area contributed by atoms with Crippen molar-refractivity contribution in [2.75, 3.05) is 6.54 Å². The number of alkyl halides is 3. The van der Waals surface area contributed by atoms with Crippen LogP contribution in [0.3, 0.4) is 0 Å². The minimum absolute atomic E-state index is 0.350. The Bertz CT molecular complexity index is 555. The average Bonchev–Trinajstić information content (AvgIpc) is 2.35. The second-order valence-corrected chi connectivity index (χ2v) is 5.48. The van der Waals surface area contributed by atoms with Crippen molar-refractivity contribution >= 4 is 11.8 Å². The maximum Gasteiger partial charge on any atom is 0.406 e. The molecule has 114 valence electrons. The third-order valence-electron chi connectivity index (χ3n) is 3.26. The molecule has 1 unspecified atom stereocenters. The molecule has 1 N–H and O–H groups in total. The van der Waals surface area contributed by atoms with Crippen molar-refractivity contribution in [1.82, 2.24) is 10.2 Å². The van der Waals surface area contributed by atoms with Crippen LogP contribution in [-0.4, -0.2) is 35.0 Å². The van der Waals surface area contributed by atoms with Gasteiger partial charge in [-0.25, -0.2) is 0 Å². The van der Waals surface area contributed by atoms with Gasteiger partial charge >= 0.3 is 6.18 Å². The molecule has 2 rings (SSSR count). The quantitative estimate of drug-likeness (QED) is 0.908. The van der Waals surface area contributed by atoms with E-state index in [1.807, 2.05) is 0 Å². The molecule has 1 saturated heterocycles. The smallest absolute Gasteiger partial charge is 0.340 e. The van der Waals surface area contributed by atoms with E-state index in [9.17, 15) is 22.8 Å². The van der Waals surface area contributed by atoms with Gasteiger partial charge < -0.3 is 10.2 Å². The number of hydrogen-bond donors (Lipinski definition) is 1. The third kappa shape index (κ3) is 3.17. The van der Waals surface area contributed by atoms with Gasteiger partial charge in [0.15, 0.2) is 0 Å². The molecule has 0 spiro atoms. The topological polar surface area (TPSA) is 49.4 Å². The molecule has 1 heterocycles. The van der Waals surface area contributed by atoms with E-state index in [-0.39, 0.29) is 0 Å². The number of carbonyl (C=O) groups is 2. The largest absolute Gasteiger partial charge is 0.406 e. The van der Waals surface area contributed by atoms with Gasteiger partial charge in [0.2, 0.25) is 11.8 Å². The van der Waals surface area contributed by atoms with Crippen LogP contribution in [0, 0.1) is 0 Å². The van der Waals surface area contributed by atoms with Crippen LogP contribution in [0.1, 0.15) is 25.5 Å². The molecule has 0 aromatic heterocycles. The standard InChI is InChI=1S/C14H15F3N2O2/c1-13(2)12(21)19(8-14(15,16)17)10(11(20)18-13)9-6-4-3-5-7-9/h3-7,10H,8H2,1-2H3,(H,18,20). The molecule has 7 heteroatoms. The fourth-order valence-corrected chi connectivity index (χ4v) is 2.37. The van der Waals surface area contributed by atoms with Crippen molar-refractivity contribution in [3.8, 4) is 0 Å². The predicted molar refractivity (Wildman–Crippen MR) is 69.2 cm³/mol. The highest BCUT2D eigenvalue weighted by Crippen LogP contribution is 2.32. The van der Waals surface area contributed by atoms with Crippen molar-refractivity contribution in [3.05, 3.63) is 35.9 Å². The SMILES string of the molecule is CC1(C)NC(=O)C(c2ccccc2)N(CC(F)(F)F)C1=O. The summed E-state index contributed by atoms with van der Waals surface area (Å²) < 4.78 is 38.3. The normalized spacial score (nSPS) is 22.1. The van der Waals surface area contributed by atoms with E-state index in [1.54, 1.807) is 18.2 Å². The van der Waals surface area contributed by atoms with Crippen molar-refractivity contribution in [1.29, 1.82) is 0 Å². The Morgan fingerprint density at radius 2 is 1.76 bits per heavy atom. The molecular weight excluding hydrogens is 285 g/mol. The molecule has 1 atom stereocenters. The van der Waals surface area contributed by atoms with E-state index in [1.165, 1.54) is 26.0 Å². The number of nitrogens with zero attached hydrogens (tertiary/aromatic N) is 1. The number of carbonyl (C=O) groups excluding carboxylic acids is 2. The minimum Gasteiger partial charge on any atom is -0.340 e. The molecular formula is C14H15F3N2O2. The second-order valence-electron chi connectivity index (χ2n) is 5.48. The van der Waals surface area contributed by atoms with Crippen LogP contribution < -0.4 is 5.32 Å². The van der Waals surface area contributed by atoms with E-state index < -0.39 is 36.1 Å². The maximum atomic E-state index is 12.8. The van der Waals surface area contributed by atoms with Gasteiger partial charge in [0.05, 0.1) is 0 Å². The van der Waals surface area contributed by atoms with Crippen LogP contribution in [0.5, 0.6) is 0 Å². The number of amides is 2. The summed E-state index contributed by atoms with van der Waals surface area (Å²) in [5.41, 5.74) is -1.00. The molecule has 2 amide bonds. The van der Waals surface area contributed by atoms with Crippen LogP contribution >= 0.6 is 0 Å². The number of rotatable bonds is 2. The van der Waals surface area contributed by atoms with Crippen molar-refractivity contribution < 1.29 is 22.8 Å². The summed E-state index contributed by atoms with van der Waals surface area (Å²) in [5.74, 6) is -1.37. The Morgan fingerprint density at radius 3 is 2.29 bits per heavy atom. The Balaban J connectivity index is 2.44. The number of halogens is 3. The van der Waals surface area contributed by atoms with Crippen molar-refractivity contribution in [3.63, 3.8) is 0 Å².